The van der Waals surface area contributed by atoms with Crippen molar-refractivity contribution >= 4 is 5.78 Å². The first-order valence-electron chi connectivity index (χ1n) is 8.16. The van der Waals surface area contributed by atoms with Gasteiger partial charge in [0.25, 0.3) is 0 Å². The highest BCUT2D eigenvalue weighted by Crippen LogP contribution is 2.26. The molecule has 4 heteroatoms. The van der Waals surface area contributed by atoms with E-state index in [1.165, 1.54) is 12.1 Å². The van der Waals surface area contributed by atoms with Gasteiger partial charge in [-0.15, -0.1) is 0 Å². The van der Waals surface area contributed by atoms with Crippen molar-refractivity contribution in [2.75, 3.05) is 6.61 Å². The van der Waals surface area contributed by atoms with Gasteiger partial charge in [-0.1, -0.05) is 68.9 Å². The van der Waals surface area contributed by atoms with Crippen LogP contribution in [0.1, 0.15) is 68.1 Å². The van der Waals surface area contributed by atoms with Crippen LogP contribution in [0.2, 0.25) is 0 Å². The minimum absolute atomic E-state index is 0.0800. The fraction of sp³-hybridized carbons (Fsp3) is 0.611. The summed E-state index contributed by atoms with van der Waals surface area (Å²) >= 11 is 0. The second-order valence-corrected chi connectivity index (χ2v) is 5.70. The second kappa shape index (κ2) is 10.4. The molecule has 1 rings (SSSR count). The Morgan fingerprint density at radius 3 is 1.91 bits per heavy atom. The third-order valence-corrected chi connectivity index (χ3v) is 3.77. The monoisotopic (exact) mass is 312 g/mol. The van der Waals surface area contributed by atoms with Crippen LogP contribution in [0.25, 0.3) is 0 Å². The van der Waals surface area contributed by atoms with Crippen LogP contribution in [0.5, 0.6) is 0 Å². The Balaban J connectivity index is 2.16. The smallest absolute Gasteiger partial charge is 0.309 e. The zero-order chi connectivity index (χ0) is 16.3. The molecule has 0 amide bonds. The first kappa shape index (κ1) is 18.8. The molecule has 0 heterocycles. The molecule has 2 nitrogen and oxygen atoms in total. The number of alkyl halides is 2. The number of halogens is 2. The Labute approximate surface area is 131 Å². The summed E-state index contributed by atoms with van der Waals surface area (Å²) in [6, 6.07) is 7.76. The van der Waals surface area contributed by atoms with E-state index in [0.717, 1.165) is 44.9 Å². The van der Waals surface area contributed by atoms with Crippen LogP contribution >= 0.6 is 0 Å². The molecule has 0 atom stereocenters. The number of rotatable bonds is 12. The van der Waals surface area contributed by atoms with Gasteiger partial charge in [0.15, 0.2) is 0 Å². The van der Waals surface area contributed by atoms with Crippen molar-refractivity contribution in [2.24, 2.45) is 0 Å². The second-order valence-electron chi connectivity index (χ2n) is 5.70. The van der Waals surface area contributed by atoms with Gasteiger partial charge in [-0.25, -0.2) is 0 Å². The highest BCUT2D eigenvalue weighted by atomic mass is 19.3. The largest absolute Gasteiger partial charge is 0.396 e. The molecule has 22 heavy (non-hydrogen) atoms. The van der Waals surface area contributed by atoms with Crippen LogP contribution in [-0.2, 0) is 0 Å². The lowest BCUT2D eigenvalue weighted by atomic mass is 9.99. The molecular formula is C18H26F2O2. The van der Waals surface area contributed by atoms with Crippen molar-refractivity contribution < 1.29 is 18.7 Å². The SMILES string of the molecule is O=C(c1ccccc1)C(F)(F)CCCCCCCCCCO. The Bertz CT molecular complexity index is 418. The molecule has 124 valence electrons. The molecule has 1 N–H and O–H groups in total. The van der Waals surface area contributed by atoms with Gasteiger partial charge in [0.2, 0.25) is 5.78 Å². The first-order valence-corrected chi connectivity index (χ1v) is 8.16. The van der Waals surface area contributed by atoms with Gasteiger partial charge in [0.05, 0.1) is 0 Å². The molecule has 0 aliphatic rings. The molecule has 0 aliphatic heterocycles. The van der Waals surface area contributed by atoms with Gasteiger partial charge < -0.3 is 5.11 Å². The highest BCUT2D eigenvalue weighted by molar-refractivity contribution is 6.01. The Kier molecular flexibility index (Phi) is 8.90. The fourth-order valence-electron chi connectivity index (χ4n) is 2.43. The van der Waals surface area contributed by atoms with E-state index in [1.54, 1.807) is 18.2 Å². The minimum atomic E-state index is -3.26. The summed E-state index contributed by atoms with van der Waals surface area (Å²) in [7, 11) is 0. The number of carbonyl (C=O) groups is 1. The van der Waals surface area contributed by atoms with Gasteiger partial charge in [0, 0.05) is 18.6 Å². The first-order chi connectivity index (χ1) is 10.6. The molecule has 0 aromatic heterocycles. The molecule has 1 aromatic carbocycles. The summed E-state index contributed by atoms with van der Waals surface area (Å²) in [6.07, 6.45) is 6.74. The van der Waals surface area contributed by atoms with E-state index in [-0.39, 0.29) is 18.6 Å². The lowest BCUT2D eigenvalue weighted by molar-refractivity contribution is 0.00337. The Morgan fingerprint density at radius 1 is 0.864 bits per heavy atom. The number of hydrogen-bond acceptors (Lipinski definition) is 2. The maximum Gasteiger partial charge on any atom is 0.309 e. The molecule has 0 unspecified atom stereocenters. The fourth-order valence-corrected chi connectivity index (χ4v) is 2.43. The van der Waals surface area contributed by atoms with Crippen LogP contribution in [0, 0.1) is 0 Å². The zero-order valence-corrected chi connectivity index (χ0v) is 13.1. The molecule has 0 aliphatic carbocycles. The maximum atomic E-state index is 13.8. The van der Waals surface area contributed by atoms with Crippen LogP contribution in [0.3, 0.4) is 0 Å². The van der Waals surface area contributed by atoms with Gasteiger partial charge in [-0.3, -0.25) is 4.79 Å². The molecule has 0 radical (unpaired) electrons. The maximum absolute atomic E-state index is 13.8. The van der Waals surface area contributed by atoms with Gasteiger partial charge in [0.1, 0.15) is 0 Å². The summed E-state index contributed by atoms with van der Waals surface area (Å²) in [5.74, 6) is -4.33. The number of ketones is 1. The van der Waals surface area contributed by atoms with Crippen LogP contribution < -0.4 is 0 Å². The van der Waals surface area contributed by atoms with Crippen molar-refractivity contribution in [1.82, 2.24) is 0 Å². The summed E-state index contributed by atoms with van der Waals surface area (Å²) in [6.45, 7) is 0.241. The number of benzene rings is 1. The zero-order valence-electron chi connectivity index (χ0n) is 13.1. The van der Waals surface area contributed by atoms with Crippen molar-refractivity contribution in [2.45, 2.75) is 63.7 Å². The molecule has 0 saturated heterocycles. The molecular weight excluding hydrogens is 286 g/mol. The highest BCUT2D eigenvalue weighted by Gasteiger charge is 2.38. The van der Waals surface area contributed by atoms with E-state index in [1.807, 2.05) is 0 Å². The van der Waals surface area contributed by atoms with Crippen molar-refractivity contribution in [3.63, 3.8) is 0 Å². The van der Waals surface area contributed by atoms with Gasteiger partial charge in [-0.2, -0.15) is 8.78 Å². The molecule has 0 bridgehead atoms. The number of hydrogen-bond donors (Lipinski definition) is 1. The minimum Gasteiger partial charge on any atom is -0.396 e. The Morgan fingerprint density at radius 2 is 1.36 bits per heavy atom. The predicted molar refractivity (Wildman–Crippen MR) is 84.4 cm³/mol. The van der Waals surface area contributed by atoms with E-state index < -0.39 is 11.7 Å². The summed E-state index contributed by atoms with van der Waals surface area (Å²) < 4.78 is 27.7. The van der Waals surface area contributed by atoms with Gasteiger partial charge >= 0.3 is 5.92 Å². The quantitative estimate of drug-likeness (QED) is 0.435. The number of carbonyl (C=O) groups excluding carboxylic acids is 1. The standard InChI is InChI=1S/C18H26F2O2/c19-18(20,17(22)16-12-8-7-9-13-16)14-10-5-3-1-2-4-6-11-15-21/h7-9,12-13,21H,1-6,10-11,14-15H2. The number of unbranched alkanes of at least 4 members (excludes halogenated alkanes) is 7. The molecule has 0 spiro atoms. The van der Waals surface area contributed by atoms with Crippen molar-refractivity contribution in [1.29, 1.82) is 0 Å². The lowest BCUT2D eigenvalue weighted by Gasteiger charge is -2.14. The number of aliphatic hydroxyl groups excluding tert-OH is 1. The predicted octanol–water partition coefficient (Wildman–Crippen LogP) is 5.01. The third kappa shape index (κ3) is 7.12. The Hall–Kier alpha value is -1.29. The van der Waals surface area contributed by atoms with Crippen molar-refractivity contribution in [3.05, 3.63) is 35.9 Å². The van der Waals surface area contributed by atoms with E-state index in [2.05, 4.69) is 0 Å². The van der Waals surface area contributed by atoms with Crippen LogP contribution in [-0.4, -0.2) is 23.4 Å². The van der Waals surface area contributed by atoms with E-state index in [9.17, 15) is 13.6 Å². The third-order valence-electron chi connectivity index (χ3n) is 3.77. The van der Waals surface area contributed by atoms with E-state index >= 15 is 0 Å². The summed E-state index contributed by atoms with van der Waals surface area (Å²) in [5.41, 5.74) is 0.0800. The number of aliphatic hydroxyl groups is 1. The molecule has 1 aromatic rings. The van der Waals surface area contributed by atoms with E-state index in [4.69, 9.17) is 5.11 Å². The summed E-state index contributed by atoms with van der Waals surface area (Å²) in [5, 5.41) is 8.64. The van der Waals surface area contributed by atoms with Crippen molar-refractivity contribution in [3.8, 4) is 0 Å². The summed E-state index contributed by atoms with van der Waals surface area (Å²) in [4.78, 5) is 11.8. The van der Waals surface area contributed by atoms with Crippen LogP contribution in [0.15, 0.2) is 30.3 Å². The normalized spacial score (nSPS) is 11.6. The van der Waals surface area contributed by atoms with E-state index in [0.29, 0.717) is 6.42 Å². The molecule has 0 saturated carbocycles. The number of Topliss-reactive ketones (excluding diaryl/α,β-unsaturated/α-hetero) is 1. The topological polar surface area (TPSA) is 37.3 Å². The van der Waals surface area contributed by atoms with Crippen LogP contribution in [0.4, 0.5) is 8.78 Å². The average Bonchev–Trinajstić information content (AvgIpc) is 2.53. The lowest BCUT2D eigenvalue weighted by Crippen LogP contribution is -2.28. The molecule has 0 fully saturated rings. The van der Waals surface area contributed by atoms with Gasteiger partial charge in [-0.05, 0) is 12.8 Å². The average molecular weight is 312 g/mol.